The van der Waals surface area contributed by atoms with Gasteiger partial charge in [0, 0.05) is 0 Å². The lowest BCUT2D eigenvalue weighted by atomic mass is 10.1. The lowest BCUT2D eigenvalue weighted by Crippen LogP contribution is -2.02. The fourth-order valence-electron chi connectivity index (χ4n) is 1.70. The molecule has 1 atom stereocenters. The number of esters is 1. The maximum absolute atomic E-state index is 11.4. The van der Waals surface area contributed by atoms with Gasteiger partial charge in [0.1, 0.15) is 11.5 Å². The molecule has 5 nitrogen and oxygen atoms in total. The summed E-state index contributed by atoms with van der Waals surface area (Å²) in [5.41, 5.74) is 0.712. The highest BCUT2D eigenvalue weighted by Gasteiger charge is 2.05. The van der Waals surface area contributed by atoms with E-state index < -0.39 is 12.1 Å². The molecule has 0 aliphatic carbocycles. The molecule has 0 fully saturated rings. The van der Waals surface area contributed by atoms with Crippen LogP contribution in [0.2, 0.25) is 0 Å². The molecule has 1 aromatic carbocycles. The second kappa shape index (κ2) is 9.63. The van der Waals surface area contributed by atoms with E-state index in [1.807, 2.05) is 6.92 Å². The van der Waals surface area contributed by atoms with Gasteiger partial charge in [-0.3, -0.25) is 0 Å². The third-order valence-electron chi connectivity index (χ3n) is 2.76. The average Bonchev–Trinajstić information content (AvgIpc) is 2.53. The van der Waals surface area contributed by atoms with E-state index in [1.54, 1.807) is 50.5 Å². The smallest absolute Gasteiger partial charge is 0.334 e. The largest absolute Gasteiger partial charge is 0.497 e. The molecule has 0 bridgehead atoms. The molecule has 120 valence electrons. The number of aliphatic hydroxyl groups excluding tert-OH is 1. The zero-order valence-corrected chi connectivity index (χ0v) is 13.1. The molecule has 0 amide bonds. The van der Waals surface area contributed by atoms with Crippen molar-refractivity contribution in [2.24, 2.45) is 0 Å². The molecule has 1 unspecified atom stereocenters. The zero-order chi connectivity index (χ0) is 16.4. The minimum absolute atomic E-state index is 0.299. The topological polar surface area (TPSA) is 65.0 Å². The first kappa shape index (κ1) is 17.8. The standard InChI is InChI=1S/C17H22O5/c1-4-21-15(12-17(19)22-5-2)10-11-16(18)13-6-8-14(20-3)9-7-13/h6-12,16,18H,4-5H2,1-3H3/b11-10+,15-12+. The van der Waals surface area contributed by atoms with E-state index in [-0.39, 0.29) is 0 Å². The van der Waals surface area contributed by atoms with Crippen molar-refractivity contribution in [3.05, 3.63) is 53.8 Å². The first-order valence-corrected chi connectivity index (χ1v) is 7.12. The number of methoxy groups -OCH3 is 1. The Morgan fingerprint density at radius 3 is 2.36 bits per heavy atom. The van der Waals surface area contributed by atoms with Gasteiger partial charge >= 0.3 is 5.97 Å². The number of allylic oxidation sites excluding steroid dienone is 1. The third-order valence-corrected chi connectivity index (χ3v) is 2.76. The van der Waals surface area contributed by atoms with Crippen LogP contribution >= 0.6 is 0 Å². The van der Waals surface area contributed by atoms with Gasteiger partial charge in [-0.15, -0.1) is 0 Å². The fraction of sp³-hybridized carbons (Fsp3) is 0.353. The van der Waals surface area contributed by atoms with Crippen LogP contribution < -0.4 is 4.74 Å². The minimum Gasteiger partial charge on any atom is -0.497 e. The Hall–Kier alpha value is -2.27. The summed E-state index contributed by atoms with van der Waals surface area (Å²) in [5.74, 6) is 0.584. The average molecular weight is 306 g/mol. The van der Waals surface area contributed by atoms with E-state index in [0.717, 1.165) is 5.75 Å². The molecule has 0 saturated carbocycles. The van der Waals surface area contributed by atoms with Crippen LogP contribution in [0.25, 0.3) is 0 Å². The summed E-state index contributed by atoms with van der Waals surface area (Å²) < 4.78 is 15.2. The number of hydrogen-bond donors (Lipinski definition) is 1. The van der Waals surface area contributed by atoms with Crippen molar-refractivity contribution in [3.8, 4) is 5.75 Å². The monoisotopic (exact) mass is 306 g/mol. The van der Waals surface area contributed by atoms with Crippen LogP contribution in [0.3, 0.4) is 0 Å². The molecule has 1 aromatic rings. The minimum atomic E-state index is -0.808. The Labute approximate surface area is 130 Å². The number of aliphatic hydroxyl groups is 1. The molecule has 1 N–H and O–H groups in total. The summed E-state index contributed by atoms with van der Waals surface area (Å²) in [6.45, 7) is 4.25. The van der Waals surface area contributed by atoms with E-state index in [2.05, 4.69) is 0 Å². The number of rotatable bonds is 8. The molecule has 1 rings (SSSR count). The molecule has 0 heterocycles. The second-order valence-electron chi connectivity index (χ2n) is 4.31. The molecular weight excluding hydrogens is 284 g/mol. The van der Waals surface area contributed by atoms with Crippen molar-refractivity contribution in [2.75, 3.05) is 20.3 Å². The quantitative estimate of drug-likeness (QED) is 0.346. The van der Waals surface area contributed by atoms with E-state index in [0.29, 0.717) is 24.5 Å². The van der Waals surface area contributed by atoms with Gasteiger partial charge in [-0.25, -0.2) is 4.79 Å². The lowest BCUT2D eigenvalue weighted by Gasteiger charge is -2.08. The highest BCUT2D eigenvalue weighted by Crippen LogP contribution is 2.19. The fourth-order valence-corrected chi connectivity index (χ4v) is 1.70. The Balaban J connectivity index is 2.77. The van der Waals surface area contributed by atoms with Gasteiger partial charge in [-0.2, -0.15) is 0 Å². The molecule has 5 heteroatoms. The van der Waals surface area contributed by atoms with Gasteiger partial charge in [-0.1, -0.05) is 12.1 Å². The zero-order valence-electron chi connectivity index (χ0n) is 13.1. The number of ether oxygens (including phenoxy) is 3. The van der Waals surface area contributed by atoms with Crippen molar-refractivity contribution in [1.82, 2.24) is 0 Å². The lowest BCUT2D eigenvalue weighted by molar-refractivity contribution is -0.137. The maximum Gasteiger partial charge on any atom is 0.334 e. The molecule has 0 aromatic heterocycles. The van der Waals surface area contributed by atoms with E-state index in [9.17, 15) is 9.90 Å². The van der Waals surface area contributed by atoms with Crippen LogP contribution in [-0.4, -0.2) is 31.4 Å². The maximum atomic E-state index is 11.4. The second-order valence-corrected chi connectivity index (χ2v) is 4.31. The van der Waals surface area contributed by atoms with Gasteiger partial charge < -0.3 is 19.3 Å². The summed E-state index contributed by atoms with van der Waals surface area (Å²) >= 11 is 0. The Kier molecular flexibility index (Phi) is 7.78. The van der Waals surface area contributed by atoms with Crippen LogP contribution in [0.15, 0.2) is 48.3 Å². The number of carbonyl (C=O) groups excluding carboxylic acids is 1. The molecule has 0 saturated heterocycles. The van der Waals surface area contributed by atoms with Gasteiger partial charge in [0.15, 0.2) is 0 Å². The van der Waals surface area contributed by atoms with Crippen LogP contribution in [0.5, 0.6) is 5.75 Å². The molecule has 0 aliphatic heterocycles. The molecular formula is C17H22O5. The van der Waals surface area contributed by atoms with Crippen LogP contribution in [0.4, 0.5) is 0 Å². The van der Waals surface area contributed by atoms with Crippen molar-refractivity contribution in [2.45, 2.75) is 20.0 Å². The van der Waals surface area contributed by atoms with Crippen LogP contribution in [0.1, 0.15) is 25.5 Å². The van der Waals surface area contributed by atoms with E-state index in [4.69, 9.17) is 14.2 Å². The summed E-state index contributed by atoms with van der Waals surface area (Å²) in [6.07, 6.45) is 3.54. The van der Waals surface area contributed by atoms with Crippen molar-refractivity contribution < 1.29 is 24.1 Å². The predicted octanol–water partition coefficient (Wildman–Crippen LogP) is 2.77. The highest BCUT2D eigenvalue weighted by atomic mass is 16.5. The van der Waals surface area contributed by atoms with Gasteiger partial charge in [0.2, 0.25) is 0 Å². The van der Waals surface area contributed by atoms with Crippen LogP contribution in [0, 0.1) is 0 Å². The first-order valence-electron chi connectivity index (χ1n) is 7.12. The summed E-state index contributed by atoms with van der Waals surface area (Å²) in [7, 11) is 1.58. The van der Waals surface area contributed by atoms with Crippen molar-refractivity contribution in [1.29, 1.82) is 0 Å². The summed E-state index contributed by atoms with van der Waals surface area (Å²) in [6, 6.07) is 7.07. The SMILES string of the molecule is CCOC(=O)/C=C(\C=C\C(O)c1ccc(OC)cc1)OCC. The predicted molar refractivity (Wildman–Crippen MR) is 83.4 cm³/mol. The Morgan fingerprint density at radius 1 is 1.18 bits per heavy atom. The Morgan fingerprint density at radius 2 is 1.82 bits per heavy atom. The van der Waals surface area contributed by atoms with E-state index in [1.165, 1.54) is 6.08 Å². The first-order chi connectivity index (χ1) is 10.6. The molecule has 22 heavy (non-hydrogen) atoms. The molecule has 0 spiro atoms. The molecule has 0 aliphatic rings. The van der Waals surface area contributed by atoms with Crippen molar-refractivity contribution in [3.63, 3.8) is 0 Å². The Bertz CT molecular complexity index is 516. The van der Waals surface area contributed by atoms with Crippen LogP contribution in [-0.2, 0) is 14.3 Å². The number of benzene rings is 1. The highest BCUT2D eigenvalue weighted by molar-refractivity contribution is 5.82. The molecule has 0 radical (unpaired) electrons. The normalized spacial score (nSPS) is 13.0. The number of carbonyl (C=O) groups is 1. The van der Waals surface area contributed by atoms with Gasteiger partial charge in [-0.05, 0) is 43.7 Å². The van der Waals surface area contributed by atoms with Gasteiger partial charge in [0.25, 0.3) is 0 Å². The summed E-state index contributed by atoms with van der Waals surface area (Å²) in [5, 5.41) is 10.1. The third kappa shape index (κ3) is 6.01. The summed E-state index contributed by atoms with van der Waals surface area (Å²) in [4.78, 5) is 11.4. The van der Waals surface area contributed by atoms with Gasteiger partial charge in [0.05, 0.1) is 32.5 Å². The van der Waals surface area contributed by atoms with E-state index >= 15 is 0 Å². The van der Waals surface area contributed by atoms with Crippen molar-refractivity contribution >= 4 is 5.97 Å². The number of hydrogen-bond acceptors (Lipinski definition) is 5.